The average molecular weight is 389 g/mol. The van der Waals surface area contributed by atoms with Gasteiger partial charge in [0.2, 0.25) is 0 Å². The average Bonchev–Trinajstić information content (AvgIpc) is 2.56. The quantitative estimate of drug-likeness (QED) is 0.592. The van der Waals surface area contributed by atoms with Gasteiger partial charge in [0.25, 0.3) is 0 Å². The molecule has 0 amide bonds. The Morgan fingerprint density at radius 2 is 1.57 bits per heavy atom. The molecular weight excluding hydrogens is 376 g/mol. The molecule has 0 spiro atoms. The van der Waals surface area contributed by atoms with E-state index >= 15 is 0 Å². The summed E-state index contributed by atoms with van der Waals surface area (Å²) >= 11 is 3.19. The Kier molecular flexibility index (Phi) is 4.50. The first kappa shape index (κ1) is 15.8. The lowest BCUT2D eigenvalue weighted by atomic mass is 10.1. The maximum atomic E-state index is 12.5. The molecular formula is C18H13BrO3S. The minimum absolute atomic E-state index is 0.122. The summed E-state index contributed by atoms with van der Waals surface area (Å²) in [5, 5.41) is 1.69. The van der Waals surface area contributed by atoms with E-state index in [4.69, 9.17) is 4.18 Å². The predicted octanol–water partition coefficient (Wildman–Crippen LogP) is 4.97. The first-order valence-electron chi connectivity index (χ1n) is 6.89. The monoisotopic (exact) mass is 388 g/mol. The van der Waals surface area contributed by atoms with Crippen molar-refractivity contribution >= 4 is 42.9 Å². The molecule has 0 bridgehead atoms. The molecule has 5 heteroatoms. The Balaban J connectivity index is 1.97. The number of fused-ring (bicyclic) bond motifs is 1. The summed E-state index contributed by atoms with van der Waals surface area (Å²) in [5.41, 5.74) is 0.894. The largest absolute Gasteiger partial charge is 0.378 e. The Hall–Kier alpha value is -2.11. The number of hydrogen-bond donors (Lipinski definition) is 0. The van der Waals surface area contributed by atoms with Crippen molar-refractivity contribution in [2.24, 2.45) is 0 Å². The fourth-order valence-corrected chi connectivity index (χ4v) is 3.51. The van der Waals surface area contributed by atoms with Gasteiger partial charge in [-0.3, -0.25) is 0 Å². The van der Waals surface area contributed by atoms with Crippen LogP contribution in [0.15, 0.2) is 76.6 Å². The molecule has 3 nitrogen and oxygen atoms in total. The molecule has 0 saturated heterocycles. The van der Waals surface area contributed by atoms with Crippen molar-refractivity contribution in [3.63, 3.8) is 0 Å². The molecule has 116 valence electrons. The number of halogens is 1. The number of benzene rings is 3. The van der Waals surface area contributed by atoms with Gasteiger partial charge in [-0.15, -0.1) is 0 Å². The summed E-state index contributed by atoms with van der Waals surface area (Å²) < 4.78 is 30.3. The molecule has 0 aliphatic heterocycles. The van der Waals surface area contributed by atoms with Crippen LogP contribution >= 0.6 is 15.9 Å². The van der Waals surface area contributed by atoms with E-state index in [1.165, 1.54) is 12.1 Å². The van der Waals surface area contributed by atoms with Crippen LogP contribution in [0.4, 0.5) is 0 Å². The normalized spacial score (nSPS) is 11.9. The maximum absolute atomic E-state index is 12.5. The van der Waals surface area contributed by atoms with E-state index in [-0.39, 0.29) is 4.90 Å². The molecule has 0 unspecified atom stereocenters. The lowest BCUT2D eigenvalue weighted by Crippen LogP contribution is -2.09. The highest BCUT2D eigenvalue weighted by atomic mass is 79.9. The van der Waals surface area contributed by atoms with Gasteiger partial charge in [-0.25, -0.2) is 0 Å². The van der Waals surface area contributed by atoms with Crippen molar-refractivity contribution in [1.82, 2.24) is 0 Å². The zero-order valence-corrected chi connectivity index (χ0v) is 14.4. The van der Waals surface area contributed by atoms with Crippen molar-refractivity contribution in [3.05, 3.63) is 77.3 Å². The van der Waals surface area contributed by atoms with Gasteiger partial charge in [-0.1, -0.05) is 64.5 Å². The topological polar surface area (TPSA) is 43.4 Å². The zero-order valence-electron chi connectivity index (χ0n) is 12.0. The van der Waals surface area contributed by atoms with Crippen molar-refractivity contribution in [1.29, 1.82) is 0 Å². The van der Waals surface area contributed by atoms with Crippen LogP contribution in [0.3, 0.4) is 0 Å². The van der Waals surface area contributed by atoms with Crippen LogP contribution < -0.4 is 4.18 Å². The van der Waals surface area contributed by atoms with Gasteiger partial charge in [0.1, 0.15) is 4.90 Å². The van der Waals surface area contributed by atoms with Gasteiger partial charge in [0, 0.05) is 5.39 Å². The Bertz CT molecular complexity index is 956. The van der Waals surface area contributed by atoms with Crippen molar-refractivity contribution in [3.8, 4) is 5.75 Å². The van der Waals surface area contributed by atoms with Crippen LogP contribution in [0.5, 0.6) is 5.75 Å². The first-order valence-corrected chi connectivity index (χ1v) is 9.22. The third kappa shape index (κ3) is 3.46. The SMILES string of the molecule is O=S(=O)(Oc1cccc2ccccc12)c1ccc(/C=C\Br)cc1. The molecule has 0 N–H and O–H groups in total. The first-order chi connectivity index (χ1) is 11.1. The molecule has 0 aliphatic rings. The molecule has 0 heterocycles. The van der Waals surface area contributed by atoms with Crippen molar-refractivity contribution in [2.75, 3.05) is 0 Å². The summed E-state index contributed by atoms with van der Waals surface area (Å²) in [6.45, 7) is 0. The van der Waals surface area contributed by atoms with Gasteiger partial charge < -0.3 is 4.18 Å². The molecule has 0 aromatic heterocycles. The number of rotatable bonds is 4. The van der Waals surface area contributed by atoms with Crippen molar-refractivity contribution < 1.29 is 12.6 Å². The van der Waals surface area contributed by atoms with E-state index in [1.54, 1.807) is 29.3 Å². The molecule has 0 atom stereocenters. The second-order valence-corrected chi connectivity index (χ2v) is 6.95. The third-order valence-electron chi connectivity index (χ3n) is 3.37. The predicted molar refractivity (Wildman–Crippen MR) is 96.2 cm³/mol. The van der Waals surface area contributed by atoms with E-state index in [0.717, 1.165) is 16.3 Å². The lowest BCUT2D eigenvalue weighted by Gasteiger charge is -2.09. The Labute approximate surface area is 143 Å². The summed E-state index contributed by atoms with van der Waals surface area (Å²) in [4.78, 5) is 1.83. The maximum Gasteiger partial charge on any atom is 0.339 e. The highest BCUT2D eigenvalue weighted by molar-refractivity contribution is 9.11. The molecule has 0 aliphatic carbocycles. The van der Waals surface area contributed by atoms with Gasteiger partial charge in [0.05, 0.1) is 0 Å². The summed E-state index contributed by atoms with van der Waals surface area (Å²) in [6, 6.07) is 19.3. The minimum atomic E-state index is -3.87. The van der Waals surface area contributed by atoms with Gasteiger partial charge in [-0.05, 0) is 40.2 Å². The van der Waals surface area contributed by atoms with E-state index < -0.39 is 10.1 Å². The van der Waals surface area contributed by atoms with Crippen LogP contribution in [0, 0.1) is 0 Å². The van der Waals surface area contributed by atoms with Gasteiger partial charge in [-0.2, -0.15) is 8.42 Å². The highest BCUT2D eigenvalue weighted by Crippen LogP contribution is 2.28. The smallest absolute Gasteiger partial charge is 0.339 e. The molecule has 0 saturated carbocycles. The minimum Gasteiger partial charge on any atom is -0.378 e. The second kappa shape index (κ2) is 6.56. The van der Waals surface area contributed by atoms with E-state index in [2.05, 4.69) is 15.9 Å². The van der Waals surface area contributed by atoms with Crippen molar-refractivity contribution in [2.45, 2.75) is 4.90 Å². The fourth-order valence-electron chi connectivity index (χ4n) is 2.25. The fraction of sp³-hybridized carbons (Fsp3) is 0. The van der Waals surface area contributed by atoms with E-state index in [9.17, 15) is 8.42 Å². The standard InChI is InChI=1S/C18H13BrO3S/c19-13-12-14-8-10-16(11-9-14)23(20,21)22-18-7-3-5-15-4-1-2-6-17(15)18/h1-13H/b13-12-. The van der Waals surface area contributed by atoms with Crippen LogP contribution in [-0.2, 0) is 10.1 Å². The third-order valence-corrected chi connectivity index (χ3v) is 4.89. The molecule has 0 fully saturated rings. The summed E-state index contributed by atoms with van der Waals surface area (Å²) in [7, 11) is -3.87. The number of hydrogen-bond acceptors (Lipinski definition) is 3. The van der Waals surface area contributed by atoms with Crippen LogP contribution in [0.25, 0.3) is 16.8 Å². The van der Waals surface area contributed by atoms with E-state index in [1.807, 2.05) is 36.4 Å². The van der Waals surface area contributed by atoms with Gasteiger partial charge >= 0.3 is 10.1 Å². The molecule has 3 aromatic rings. The second-order valence-electron chi connectivity index (χ2n) is 4.88. The molecule has 23 heavy (non-hydrogen) atoms. The Morgan fingerprint density at radius 1 is 0.870 bits per heavy atom. The van der Waals surface area contributed by atoms with Crippen LogP contribution in [-0.4, -0.2) is 8.42 Å². The summed E-state index contributed by atoms with van der Waals surface area (Å²) in [5.74, 6) is 0.326. The van der Waals surface area contributed by atoms with Crippen LogP contribution in [0.1, 0.15) is 5.56 Å². The lowest BCUT2D eigenvalue weighted by molar-refractivity contribution is 0.488. The summed E-state index contributed by atoms with van der Waals surface area (Å²) in [6.07, 6.45) is 1.82. The zero-order chi connectivity index (χ0) is 16.3. The molecule has 3 rings (SSSR count). The molecule has 3 aromatic carbocycles. The van der Waals surface area contributed by atoms with E-state index in [0.29, 0.717) is 5.75 Å². The van der Waals surface area contributed by atoms with Crippen LogP contribution in [0.2, 0.25) is 0 Å². The van der Waals surface area contributed by atoms with Gasteiger partial charge in [0.15, 0.2) is 5.75 Å². The highest BCUT2D eigenvalue weighted by Gasteiger charge is 2.17. The molecule has 0 radical (unpaired) electrons. The Morgan fingerprint density at radius 3 is 2.30 bits per heavy atom.